The van der Waals surface area contributed by atoms with E-state index >= 15 is 0 Å². The Morgan fingerprint density at radius 3 is 2.45 bits per heavy atom. The molecular weight excluding hydrogens is 397 g/mol. The molecule has 0 N–H and O–H groups in total. The molecule has 2 heterocycles. The second-order valence-electron chi connectivity index (χ2n) is 7.17. The highest BCUT2D eigenvalue weighted by atomic mass is 32.1. The second kappa shape index (κ2) is 7.27. The molecule has 0 atom stereocenters. The van der Waals surface area contributed by atoms with Gasteiger partial charge in [-0.15, -0.1) is 0 Å². The van der Waals surface area contributed by atoms with E-state index in [9.17, 15) is 13.2 Å². The Morgan fingerprint density at radius 1 is 1.07 bits per heavy atom. The normalized spacial score (nSPS) is 12.3. The summed E-state index contributed by atoms with van der Waals surface area (Å²) in [4.78, 5) is 1.96. The van der Waals surface area contributed by atoms with Gasteiger partial charge in [0.15, 0.2) is 5.65 Å². The largest absolute Gasteiger partial charge is 0.416 e. The van der Waals surface area contributed by atoms with Gasteiger partial charge in [-0.25, -0.2) is 4.68 Å². The molecule has 150 valence electrons. The Bertz CT molecular complexity index is 1240. The highest BCUT2D eigenvalue weighted by molar-refractivity contribution is 7.71. The molecule has 0 unspecified atom stereocenters. The molecular formula is C21H19F3N4S. The molecule has 0 spiro atoms. The maximum atomic E-state index is 12.7. The molecule has 0 radical (unpaired) electrons. The second-order valence-corrected chi connectivity index (χ2v) is 7.54. The number of fused-ring (bicyclic) bond motifs is 3. The third-order valence-corrected chi connectivity index (χ3v) is 5.28. The zero-order chi connectivity index (χ0) is 20.8. The van der Waals surface area contributed by atoms with Gasteiger partial charge in [0, 0.05) is 11.9 Å². The third kappa shape index (κ3) is 3.77. The summed E-state index contributed by atoms with van der Waals surface area (Å²) in [6, 6.07) is 15.2. The molecule has 0 saturated carbocycles. The van der Waals surface area contributed by atoms with E-state index < -0.39 is 11.7 Å². The Hall–Kier alpha value is -2.71. The zero-order valence-electron chi connectivity index (χ0n) is 15.9. The maximum absolute atomic E-state index is 12.7. The number of aromatic nitrogens is 3. The van der Waals surface area contributed by atoms with Gasteiger partial charge in [-0.2, -0.15) is 18.3 Å². The van der Waals surface area contributed by atoms with Crippen LogP contribution in [0.25, 0.3) is 16.6 Å². The summed E-state index contributed by atoms with van der Waals surface area (Å²) < 4.78 is 42.4. The molecule has 0 aliphatic heterocycles. The van der Waals surface area contributed by atoms with Gasteiger partial charge in [0.1, 0.15) is 0 Å². The van der Waals surface area contributed by atoms with Gasteiger partial charge in [-0.1, -0.05) is 30.3 Å². The van der Waals surface area contributed by atoms with Crippen molar-refractivity contribution in [2.24, 2.45) is 0 Å². The highest BCUT2D eigenvalue weighted by Gasteiger charge is 2.29. The minimum Gasteiger partial charge on any atom is -0.283 e. The molecule has 4 nitrogen and oxygen atoms in total. The van der Waals surface area contributed by atoms with E-state index in [1.54, 1.807) is 4.68 Å². The van der Waals surface area contributed by atoms with Crippen LogP contribution in [0.5, 0.6) is 0 Å². The number of aryl methyl sites for hydroxylation is 1. The standard InChI is InChI=1S/C21H19F3N4S/c1-14-11-19-25-27(20(29)28(19)18-6-4-3-5-17(14)18)13-26(2)12-15-7-9-16(10-8-15)21(22,23)24/h3-11H,12-13H2,1-2H3. The van der Waals surface area contributed by atoms with Gasteiger partial charge in [0.25, 0.3) is 0 Å². The summed E-state index contributed by atoms with van der Waals surface area (Å²) in [5, 5.41) is 5.76. The molecule has 4 aromatic rings. The van der Waals surface area contributed by atoms with Gasteiger partial charge in [-0.3, -0.25) is 9.30 Å². The van der Waals surface area contributed by atoms with Crippen molar-refractivity contribution in [2.75, 3.05) is 7.05 Å². The molecule has 4 rings (SSSR count). The Morgan fingerprint density at radius 2 is 1.76 bits per heavy atom. The number of hydrogen-bond donors (Lipinski definition) is 0. The molecule has 0 aliphatic carbocycles. The number of halogens is 3. The first-order valence-corrected chi connectivity index (χ1v) is 9.47. The van der Waals surface area contributed by atoms with Crippen LogP contribution in [0.2, 0.25) is 0 Å². The van der Waals surface area contributed by atoms with E-state index in [0.29, 0.717) is 18.0 Å². The molecule has 2 aromatic carbocycles. The molecule has 0 amide bonds. The number of para-hydroxylation sites is 1. The van der Waals surface area contributed by atoms with Crippen LogP contribution < -0.4 is 0 Å². The average Bonchev–Trinajstić information content (AvgIpc) is 2.97. The lowest BCUT2D eigenvalue weighted by atomic mass is 10.1. The summed E-state index contributed by atoms with van der Waals surface area (Å²) in [6.07, 6.45) is -4.32. The molecule has 2 aromatic heterocycles. The fraction of sp³-hybridized carbons (Fsp3) is 0.238. The van der Waals surface area contributed by atoms with Gasteiger partial charge < -0.3 is 0 Å². The van der Waals surface area contributed by atoms with Gasteiger partial charge in [0.05, 0.1) is 17.7 Å². The first kappa shape index (κ1) is 19.6. The van der Waals surface area contributed by atoms with Crippen LogP contribution in [0, 0.1) is 11.7 Å². The molecule has 8 heteroatoms. The topological polar surface area (TPSA) is 25.5 Å². The molecule has 0 saturated heterocycles. The minimum atomic E-state index is -4.32. The first-order valence-electron chi connectivity index (χ1n) is 9.06. The van der Waals surface area contributed by atoms with Gasteiger partial charge in [-0.05, 0) is 61.6 Å². The predicted molar refractivity (Wildman–Crippen MR) is 109 cm³/mol. The van der Waals surface area contributed by atoms with Crippen molar-refractivity contribution < 1.29 is 13.2 Å². The van der Waals surface area contributed by atoms with Crippen LogP contribution in [0.3, 0.4) is 0 Å². The Labute approximate surface area is 170 Å². The fourth-order valence-corrected chi connectivity index (χ4v) is 3.79. The number of nitrogens with zero attached hydrogens (tertiary/aromatic N) is 4. The molecule has 0 bridgehead atoms. The van der Waals surface area contributed by atoms with Crippen LogP contribution >= 0.6 is 12.2 Å². The van der Waals surface area contributed by atoms with Crippen LogP contribution in [0.1, 0.15) is 16.7 Å². The summed E-state index contributed by atoms with van der Waals surface area (Å²) in [6.45, 7) is 2.95. The predicted octanol–water partition coefficient (Wildman–Crippen LogP) is 5.44. The molecule has 0 fully saturated rings. The van der Waals surface area contributed by atoms with E-state index in [2.05, 4.69) is 11.2 Å². The summed E-state index contributed by atoms with van der Waals surface area (Å²) >= 11 is 5.65. The number of rotatable bonds is 4. The van der Waals surface area contributed by atoms with Crippen LogP contribution in [-0.2, 0) is 19.4 Å². The Balaban J connectivity index is 1.60. The van der Waals surface area contributed by atoms with Crippen molar-refractivity contribution in [1.82, 2.24) is 19.1 Å². The van der Waals surface area contributed by atoms with Crippen molar-refractivity contribution in [2.45, 2.75) is 26.3 Å². The van der Waals surface area contributed by atoms with Gasteiger partial charge >= 0.3 is 6.18 Å². The first-order chi connectivity index (χ1) is 13.7. The summed E-state index contributed by atoms with van der Waals surface area (Å²) in [5.41, 5.74) is 3.04. The monoisotopic (exact) mass is 416 g/mol. The fourth-order valence-electron chi connectivity index (χ4n) is 3.50. The lowest BCUT2D eigenvalue weighted by Gasteiger charge is -2.17. The van der Waals surface area contributed by atoms with E-state index in [1.807, 2.05) is 47.5 Å². The number of pyridine rings is 1. The van der Waals surface area contributed by atoms with E-state index in [-0.39, 0.29) is 0 Å². The van der Waals surface area contributed by atoms with Crippen molar-refractivity contribution >= 4 is 28.8 Å². The number of hydrogen-bond acceptors (Lipinski definition) is 3. The number of benzene rings is 2. The highest BCUT2D eigenvalue weighted by Crippen LogP contribution is 2.29. The lowest BCUT2D eigenvalue weighted by molar-refractivity contribution is -0.137. The van der Waals surface area contributed by atoms with Gasteiger partial charge in [0.2, 0.25) is 4.77 Å². The van der Waals surface area contributed by atoms with Crippen molar-refractivity contribution in [3.8, 4) is 0 Å². The number of alkyl halides is 3. The molecule has 0 aliphatic rings. The van der Waals surface area contributed by atoms with Crippen LogP contribution in [0.4, 0.5) is 13.2 Å². The zero-order valence-corrected chi connectivity index (χ0v) is 16.8. The van der Waals surface area contributed by atoms with Crippen molar-refractivity contribution in [3.63, 3.8) is 0 Å². The van der Waals surface area contributed by atoms with E-state index in [4.69, 9.17) is 12.2 Å². The van der Waals surface area contributed by atoms with Crippen LogP contribution in [-0.4, -0.2) is 26.1 Å². The van der Waals surface area contributed by atoms with E-state index in [0.717, 1.165) is 39.8 Å². The van der Waals surface area contributed by atoms with Crippen molar-refractivity contribution in [3.05, 3.63) is 76.1 Å². The third-order valence-electron chi connectivity index (χ3n) is 4.89. The average molecular weight is 416 g/mol. The minimum absolute atomic E-state index is 0.426. The van der Waals surface area contributed by atoms with E-state index in [1.165, 1.54) is 12.1 Å². The quantitative estimate of drug-likeness (QED) is 0.415. The maximum Gasteiger partial charge on any atom is 0.416 e. The summed E-state index contributed by atoms with van der Waals surface area (Å²) in [7, 11) is 1.88. The smallest absolute Gasteiger partial charge is 0.283 e. The Kier molecular flexibility index (Phi) is 4.92. The van der Waals surface area contributed by atoms with Crippen LogP contribution in [0.15, 0.2) is 54.6 Å². The lowest BCUT2D eigenvalue weighted by Crippen LogP contribution is -2.22. The van der Waals surface area contributed by atoms with Crippen molar-refractivity contribution in [1.29, 1.82) is 0 Å². The molecule has 29 heavy (non-hydrogen) atoms. The summed E-state index contributed by atoms with van der Waals surface area (Å²) in [5.74, 6) is 0. The SMILES string of the molecule is Cc1cc2nn(CN(C)Cc3ccc(C(F)(F)F)cc3)c(=S)n2c2ccccc12.